The molecule has 6 heteroatoms. The second kappa shape index (κ2) is 7.62. The highest BCUT2D eigenvalue weighted by Crippen LogP contribution is 2.35. The Bertz CT molecular complexity index is 1160. The standard InChI is InChI=1S/C22H14BrClN2O2/c23-16-7-4-8-18(13-16)26-21(15-5-2-1-3-6-15)19(22(27)28)20(25-26)14-9-11-17(24)12-10-14/h1-13H,(H,27,28). The summed E-state index contributed by atoms with van der Waals surface area (Å²) in [5.74, 6) is -1.04. The fraction of sp³-hybridized carbons (Fsp3) is 0. The van der Waals surface area contributed by atoms with Gasteiger partial charge in [-0.3, -0.25) is 0 Å². The quantitative estimate of drug-likeness (QED) is 0.393. The van der Waals surface area contributed by atoms with Crippen LogP contribution in [0.5, 0.6) is 0 Å². The molecule has 0 aliphatic carbocycles. The van der Waals surface area contributed by atoms with Crippen LogP contribution in [0.15, 0.2) is 83.3 Å². The molecule has 0 spiro atoms. The number of nitrogens with zero attached hydrogens (tertiary/aromatic N) is 2. The zero-order valence-corrected chi connectivity index (χ0v) is 16.9. The van der Waals surface area contributed by atoms with Gasteiger partial charge in [0, 0.05) is 20.6 Å². The van der Waals surface area contributed by atoms with Gasteiger partial charge in [0.15, 0.2) is 0 Å². The maximum atomic E-state index is 12.3. The Morgan fingerprint density at radius 2 is 1.64 bits per heavy atom. The molecule has 0 atom stereocenters. The first-order chi connectivity index (χ1) is 13.5. The molecule has 0 bridgehead atoms. The van der Waals surface area contributed by atoms with Gasteiger partial charge in [0.1, 0.15) is 11.3 Å². The molecule has 4 nitrogen and oxygen atoms in total. The van der Waals surface area contributed by atoms with Gasteiger partial charge in [0.05, 0.1) is 11.4 Å². The zero-order chi connectivity index (χ0) is 19.7. The van der Waals surface area contributed by atoms with Gasteiger partial charge in [-0.05, 0) is 30.3 Å². The Labute approximate surface area is 175 Å². The highest BCUT2D eigenvalue weighted by Gasteiger charge is 2.26. The number of benzene rings is 3. The van der Waals surface area contributed by atoms with Crippen LogP contribution in [0.2, 0.25) is 5.02 Å². The van der Waals surface area contributed by atoms with Crippen molar-refractivity contribution in [3.05, 3.63) is 93.9 Å². The molecule has 1 aromatic heterocycles. The number of carboxylic acid groups (broad SMARTS) is 1. The lowest BCUT2D eigenvalue weighted by Crippen LogP contribution is -2.03. The number of halogens is 2. The lowest BCUT2D eigenvalue weighted by molar-refractivity contribution is 0.0698. The van der Waals surface area contributed by atoms with Gasteiger partial charge in [-0.1, -0.05) is 76.1 Å². The number of carbonyl (C=O) groups is 1. The molecule has 0 aliphatic rings. The van der Waals surface area contributed by atoms with Crippen LogP contribution in [0.3, 0.4) is 0 Å². The summed E-state index contributed by atoms with van der Waals surface area (Å²) >= 11 is 9.48. The van der Waals surface area contributed by atoms with E-state index in [1.165, 1.54) is 0 Å². The van der Waals surface area contributed by atoms with Crippen LogP contribution < -0.4 is 0 Å². The third-order valence-corrected chi connectivity index (χ3v) is 5.06. The summed E-state index contributed by atoms with van der Waals surface area (Å²) in [7, 11) is 0. The minimum atomic E-state index is -1.04. The van der Waals surface area contributed by atoms with Crippen molar-refractivity contribution in [3.63, 3.8) is 0 Å². The van der Waals surface area contributed by atoms with E-state index in [-0.39, 0.29) is 5.56 Å². The lowest BCUT2D eigenvalue weighted by Gasteiger charge is -2.09. The van der Waals surface area contributed by atoms with E-state index >= 15 is 0 Å². The van der Waals surface area contributed by atoms with E-state index in [4.69, 9.17) is 16.7 Å². The van der Waals surface area contributed by atoms with Crippen LogP contribution in [0.25, 0.3) is 28.2 Å². The van der Waals surface area contributed by atoms with Crippen LogP contribution in [-0.4, -0.2) is 20.9 Å². The fourth-order valence-electron chi connectivity index (χ4n) is 3.09. The molecular formula is C22H14BrClN2O2. The summed E-state index contributed by atoms with van der Waals surface area (Å²) < 4.78 is 2.55. The number of hydrogen-bond acceptors (Lipinski definition) is 2. The van der Waals surface area contributed by atoms with Crippen molar-refractivity contribution in [1.29, 1.82) is 0 Å². The van der Waals surface area contributed by atoms with Crippen molar-refractivity contribution in [3.8, 4) is 28.2 Å². The van der Waals surface area contributed by atoms with E-state index < -0.39 is 5.97 Å². The van der Waals surface area contributed by atoms with Crippen molar-refractivity contribution in [2.24, 2.45) is 0 Å². The molecule has 0 saturated carbocycles. The van der Waals surface area contributed by atoms with Gasteiger partial charge in [-0.15, -0.1) is 0 Å². The average Bonchev–Trinajstić information content (AvgIpc) is 3.10. The van der Waals surface area contributed by atoms with E-state index in [1.54, 1.807) is 28.9 Å². The van der Waals surface area contributed by atoms with E-state index in [0.717, 1.165) is 15.7 Å². The predicted molar refractivity (Wildman–Crippen MR) is 114 cm³/mol. The molecule has 3 aromatic carbocycles. The van der Waals surface area contributed by atoms with Crippen LogP contribution in [-0.2, 0) is 0 Å². The average molecular weight is 454 g/mol. The molecular weight excluding hydrogens is 440 g/mol. The van der Waals surface area contributed by atoms with Crippen molar-refractivity contribution >= 4 is 33.5 Å². The van der Waals surface area contributed by atoms with Crippen LogP contribution in [0.1, 0.15) is 10.4 Å². The third-order valence-electron chi connectivity index (χ3n) is 4.32. The highest BCUT2D eigenvalue weighted by molar-refractivity contribution is 9.10. The SMILES string of the molecule is O=C(O)c1c(-c2ccc(Cl)cc2)nn(-c2cccc(Br)c2)c1-c1ccccc1. The van der Waals surface area contributed by atoms with E-state index in [1.807, 2.05) is 54.6 Å². The molecule has 0 aliphatic heterocycles. The first-order valence-corrected chi connectivity index (χ1v) is 9.65. The molecule has 0 radical (unpaired) electrons. The Hall–Kier alpha value is -2.89. The third kappa shape index (κ3) is 3.46. The fourth-order valence-corrected chi connectivity index (χ4v) is 3.60. The van der Waals surface area contributed by atoms with Crippen molar-refractivity contribution < 1.29 is 9.90 Å². The first-order valence-electron chi connectivity index (χ1n) is 8.48. The molecule has 0 fully saturated rings. The Morgan fingerprint density at radius 3 is 2.29 bits per heavy atom. The number of hydrogen-bond donors (Lipinski definition) is 1. The molecule has 138 valence electrons. The second-order valence-electron chi connectivity index (χ2n) is 6.14. The van der Waals surface area contributed by atoms with Gasteiger partial charge in [-0.25, -0.2) is 9.48 Å². The molecule has 0 amide bonds. The van der Waals surface area contributed by atoms with E-state index in [0.29, 0.717) is 22.0 Å². The number of carboxylic acids is 1. The van der Waals surface area contributed by atoms with Crippen molar-refractivity contribution in [2.45, 2.75) is 0 Å². The van der Waals surface area contributed by atoms with Gasteiger partial charge < -0.3 is 5.11 Å². The molecule has 4 rings (SSSR count). The lowest BCUT2D eigenvalue weighted by atomic mass is 10.0. The Kier molecular flexibility index (Phi) is 5.03. The van der Waals surface area contributed by atoms with E-state index in [9.17, 15) is 9.90 Å². The van der Waals surface area contributed by atoms with Gasteiger partial charge in [0.25, 0.3) is 0 Å². The number of aromatic nitrogens is 2. The van der Waals surface area contributed by atoms with E-state index in [2.05, 4.69) is 15.9 Å². The van der Waals surface area contributed by atoms with Gasteiger partial charge >= 0.3 is 5.97 Å². The van der Waals surface area contributed by atoms with Crippen molar-refractivity contribution in [1.82, 2.24) is 9.78 Å². The summed E-state index contributed by atoms with van der Waals surface area (Å²) in [5.41, 5.74) is 3.28. The predicted octanol–water partition coefficient (Wildman–Crippen LogP) is 6.32. The molecule has 4 aromatic rings. The summed E-state index contributed by atoms with van der Waals surface area (Å²) in [5, 5.41) is 15.3. The van der Waals surface area contributed by atoms with Crippen LogP contribution >= 0.6 is 27.5 Å². The maximum Gasteiger partial charge on any atom is 0.340 e. The molecule has 1 N–H and O–H groups in total. The maximum absolute atomic E-state index is 12.3. The second-order valence-corrected chi connectivity index (χ2v) is 7.49. The topological polar surface area (TPSA) is 55.1 Å². The summed E-state index contributed by atoms with van der Waals surface area (Å²) in [6.07, 6.45) is 0. The molecule has 0 saturated heterocycles. The van der Waals surface area contributed by atoms with Crippen LogP contribution in [0.4, 0.5) is 0 Å². The van der Waals surface area contributed by atoms with Crippen LogP contribution in [0, 0.1) is 0 Å². The molecule has 0 unspecified atom stereocenters. The molecule has 1 heterocycles. The van der Waals surface area contributed by atoms with Gasteiger partial charge in [-0.2, -0.15) is 5.10 Å². The minimum absolute atomic E-state index is 0.147. The normalized spacial score (nSPS) is 10.8. The van der Waals surface area contributed by atoms with Gasteiger partial charge in [0.2, 0.25) is 0 Å². The zero-order valence-electron chi connectivity index (χ0n) is 14.5. The number of aromatic carboxylic acids is 1. The number of rotatable bonds is 4. The summed E-state index contributed by atoms with van der Waals surface area (Å²) in [4.78, 5) is 12.3. The summed E-state index contributed by atoms with van der Waals surface area (Å²) in [6.45, 7) is 0. The Morgan fingerprint density at radius 1 is 0.929 bits per heavy atom. The minimum Gasteiger partial charge on any atom is -0.478 e. The largest absolute Gasteiger partial charge is 0.478 e. The highest BCUT2D eigenvalue weighted by atomic mass is 79.9. The monoisotopic (exact) mass is 452 g/mol. The smallest absolute Gasteiger partial charge is 0.340 e. The van der Waals surface area contributed by atoms with Crippen molar-refractivity contribution in [2.75, 3.05) is 0 Å². The first kappa shape index (κ1) is 18.5. The summed E-state index contributed by atoms with van der Waals surface area (Å²) in [6, 6.07) is 24.0. The molecule has 28 heavy (non-hydrogen) atoms. The Balaban J connectivity index is 2.06.